The van der Waals surface area contributed by atoms with E-state index >= 15 is 0 Å². The number of esters is 1. The molecule has 15 heavy (non-hydrogen) atoms. The number of ether oxygens (including phenoxy) is 1. The Morgan fingerprint density at radius 3 is 2.47 bits per heavy atom. The Morgan fingerprint density at radius 1 is 1.40 bits per heavy atom. The summed E-state index contributed by atoms with van der Waals surface area (Å²) in [5, 5.41) is 0. The molecule has 0 amide bonds. The van der Waals surface area contributed by atoms with Crippen molar-refractivity contribution in [1.29, 1.82) is 0 Å². The number of nitrogens with two attached hydrogens (primary N) is 1. The van der Waals surface area contributed by atoms with Crippen molar-refractivity contribution in [2.75, 3.05) is 27.2 Å². The number of nitrogens with zero attached hydrogens (tertiary/aromatic N) is 1. The van der Waals surface area contributed by atoms with Gasteiger partial charge in [-0.3, -0.25) is 4.79 Å². The Kier molecular flexibility index (Phi) is 7.34. The van der Waals surface area contributed by atoms with Crippen molar-refractivity contribution in [2.24, 2.45) is 11.7 Å². The largest absolute Gasteiger partial charge is 0.469 e. The summed E-state index contributed by atoms with van der Waals surface area (Å²) in [5.74, 6) is 0.356. The third kappa shape index (κ3) is 7.33. The zero-order valence-electron chi connectivity index (χ0n) is 10.3. The van der Waals surface area contributed by atoms with Crippen molar-refractivity contribution in [3.8, 4) is 0 Å². The summed E-state index contributed by atoms with van der Waals surface area (Å²) < 4.78 is 4.57. The van der Waals surface area contributed by atoms with Crippen LogP contribution in [-0.4, -0.2) is 44.2 Å². The molecule has 90 valence electrons. The molecule has 1 unspecified atom stereocenters. The molecule has 2 N–H and O–H groups in total. The highest BCUT2D eigenvalue weighted by molar-refractivity contribution is 5.69. The molecule has 0 heterocycles. The maximum absolute atomic E-state index is 10.9. The van der Waals surface area contributed by atoms with Gasteiger partial charge in [-0.15, -0.1) is 0 Å². The third-order valence-corrected chi connectivity index (χ3v) is 2.63. The van der Waals surface area contributed by atoms with Gasteiger partial charge in [0.05, 0.1) is 13.5 Å². The highest BCUT2D eigenvalue weighted by atomic mass is 16.5. The number of methoxy groups -OCH3 is 1. The summed E-state index contributed by atoms with van der Waals surface area (Å²) in [4.78, 5) is 13.0. The molecule has 0 spiro atoms. The first-order valence-electron chi connectivity index (χ1n) is 5.48. The van der Waals surface area contributed by atoms with E-state index in [0.717, 1.165) is 19.5 Å². The van der Waals surface area contributed by atoms with Crippen molar-refractivity contribution >= 4 is 5.97 Å². The fourth-order valence-corrected chi connectivity index (χ4v) is 1.20. The molecule has 0 aromatic carbocycles. The minimum Gasteiger partial charge on any atom is -0.469 e. The van der Waals surface area contributed by atoms with Crippen molar-refractivity contribution in [3.05, 3.63) is 0 Å². The van der Waals surface area contributed by atoms with Gasteiger partial charge in [0.25, 0.3) is 0 Å². The zero-order chi connectivity index (χ0) is 11.8. The average Bonchev–Trinajstić information content (AvgIpc) is 2.21. The lowest BCUT2D eigenvalue weighted by molar-refractivity contribution is -0.140. The van der Waals surface area contributed by atoms with Gasteiger partial charge in [0.1, 0.15) is 0 Å². The van der Waals surface area contributed by atoms with Crippen molar-refractivity contribution in [3.63, 3.8) is 0 Å². The number of carbonyl (C=O) groups excluding carboxylic acids is 1. The van der Waals surface area contributed by atoms with Crippen LogP contribution in [0.25, 0.3) is 0 Å². The van der Waals surface area contributed by atoms with E-state index in [9.17, 15) is 4.79 Å². The second-order valence-corrected chi connectivity index (χ2v) is 4.33. The zero-order valence-corrected chi connectivity index (χ0v) is 10.3. The van der Waals surface area contributed by atoms with Crippen LogP contribution in [0.5, 0.6) is 0 Å². The molecule has 0 aromatic rings. The van der Waals surface area contributed by atoms with E-state index in [1.807, 2.05) is 7.05 Å². The van der Waals surface area contributed by atoms with E-state index in [4.69, 9.17) is 5.73 Å². The van der Waals surface area contributed by atoms with E-state index in [-0.39, 0.29) is 12.0 Å². The molecular weight excluding hydrogens is 192 g/mol. The molecule has 0 aliphatic rings. The minimum absolute atomic E-state index is 0.157. The van der Waals surface area contributed by atoms with Crippen LogP contribution in [0.4, 0.5) is 0 Å². The summed E-state index contributed by atoms with van der Waals surface area (Å²) in [7, 11) is 3.41. The lowest BCUT2D eigenvalue weighted by Crippen LogP contribution is -2.32. The standard InChI is InChI=1S/C11H24N2O2/c1-9(2)10(12)5-7-13(3)8-6-11(14)15-4/h9-10H,5-8,12H2,1-4H3. The molecule has 0 saturated heterocycles. The summed E-state index contributed by atoms with van der Waals surface area (Å²) in [5.41, 5.74) is 5.93. The maximum atomic E-state index is 10.9. The van der Waals surface area contributed by atoms with Crippen LogP contribution >= 0.6 is 0 Å². The van der Waals surface area contributed by atoms with E-state index in [1.165, 1.54) is 7.11 Å². The highest BCUT2D eigenvalue weighted by Crippen LogP contribution is 2.03. The van der Waals surface area contributed by atoms with E-state index in [0.29, 0.717) is 12.3 Å². The molecule has 0 aromatic heterocycles. The van der Waals surface area contributed by atoms with E-state index in [1.54, 1.807) is 0 Å². The second kappa shape index (κ2) is 7.65. The molecule has 4 nitrogen and oxygen atoms in total. The van der Waals surface area contributed by atoms with Crippen molar-refractivity contribution in [2.45, 2.75) is 32.7 Å². The minimum atomic E-state index is -0.157. The van der Waals surface area contributed by atoms with Gasteiger partial charge in [0, 0.05) is 12.6 Å². The lowest BCUT2D eigenvalue weighted by atomic mass is 10.0. The van der Waals surface area contributed by atoms with Crippen LogP contribution in [0.1, 0.15) is 26.7 Å². The predicted molar refractivity (Wildman–Crippen MR) is 61.6 cm³/mol. The van der Waals surface area contributed by atoms with Crippen molar-refractivity contribution < 1.29 is 9.53 Å². The molecule has 0 radical (unpaired) electrons. The number of rotatable bonds is 7. The topological polar surface area (TPSA) is 55.6 Å². The normalized spacial score (nSPS) is 13.3. The van der Waals surface area contributed by atoms with Crippen LogP contribution in [0.3, 0.4) is 0 Å². The van der Waals surface area contributed by atoms with Gasteiger partial charge >= 0.3 is 5.97 Å². The van der Waals surface area contributed by atoms with Crippen LogP contribution in [0, 0.1) is 5.92 Å². The number of hydrogen-bond acceptors (Lipinski definition) is 4. The Bertz CT molecular complexity index is 183. The van der Waals surface area contributed by atoms with Gasteiger partial charge in [0.15, 0.2) is 0 Å². The van der Waals surface area contributed by atoms with Crippen molar-refractivity contribution in [1.82, 2.24) is 4.90 Å². The molecule has 0 fully saturated rings. The SMILES string of the molecule is COC(=O)CCN(C)CCC(N)C(C)C. The molecule has 0 saturated carbocycles. The van der Waals surface area contributed by atoms with Gasteiger partial charge in [-0.1, -0.05) is 13.8 Å². The van der Waals surface area contributed by atoms with Crippen LogP contribution < -0.4 is 5.73 Å². The molecule has 0 rings (SSSR count). The summed E-state index contributed by atoms with van der Waals surface area (Å²) in [6.07, 6.45) is 1.42. The highest BCUT2D eigenvalue weighted by Gasteiger charge is 2.09. The summed E-state index contributed by atoms with van der Waals surface area (Å²) >= 11 is 0. The summed E-state index contributed by atoms with van der Waals surface area (Å²) in [6.45, 7) is 5.91. The Labute approximate surface area is 92.8 Å². The number of hydrogen-bond donors (Lipinski definition) is 1. The Hall–Kier alpha value is -0.610. The van der Waals surface area contributed by atoms with Gasteiger partial charge in [0.2, 0.25) is 0 Å². The molecule has 4 heteroatoms. The molecule has 0 aliphatic heterocycles. The summed E-state index contributed by atoms with van der Waals surface area (Å²) in [6, 6.07) is 0.241. The van der Waals surface area contributed by atoms with E-state index in [2.05, 4.69) is 23.5 Å². The molecule has 1 atom stereocenters. The van der Waals surface area contributed by atoms with Crippen LogP contribution in [0.2, 0.25) is 0 Å². The maximum Gasteiger partial charge on any atom is 0.306 e. The van der Waals surface area contributed by atoms with Gasteiger partial charge < -0.3 is 15.4 Å². The monoisotopic (exact) mass is 216 g/mol. The van der Waals surface area contributed by atoms with Gasteiger partial charge in [-0.25, -0.2) is 0 Å². The predicted octanol–water partition coefficient (Wildman–Crippen LogP) is 0.855. The van der Waals surface area contributed by atoms with Crippen LogP contribution in [0.15, 0.2) is 0 Å². The van der Waals surface area contributed by atoms with Gasteiger partial charge in [-0.05, 0) is 25.9 Å². The first kappa shape index (κ1) is 14.4. The average molecular weight is 216 g/mol. The second-order valence-electron chi connectivity index (χ2n) is 4.33. The Morgan fingerprint density at radius 2 is 2.00 bits per heavy atom. The third-order valence-electron chi connectivity index (χ3n) is 2.63. The molecular formula is C11H24N2O2. The fraction of sp³-hybridized carbons (Fsp3) is 0.909. The molecule has 0 aliphatic carbocycles. The fourth-order valence-electron chi connectivity index (χ4n) is 1.20. The number of carbonyl (C=O) groups is 1. The lowest BCUT2D eigenvalue weighted by Gasteiger charge is -2.20. The Balaban J connectivity index is 3.57. The quantitative estimate of drug-likeness (QED) is 0.641. The first-order chi connectivity index (χ1) is 6.97. The van der Waals surface area contributed by atoms with Crippen LogP contribution in [-0.2, 0) is 9.53 Å². The smallest absolute Gasteiger partial charge is 0.306 e. The van der Waals surface area contributed by atoms with E-state index < -0.39 is 0 Å². The van der Waals surface area contributed by atoms with Gasteiger partial charge in [-0.2, -0.15) is 0 Å². The molecule has 0 bridgehead atoms. The first-order valence-corrected chi connectivity index (χ1v) is 5.48.